The van der Waals surface area contributed by atoms with Gasteiger partial charge in [-0.2, -0.15) is 13.2 Å². The van der Waals surface area contributed by atoms with Crippen LogP contribution < -0.4 is 10.6 Å². The van der Waals surface area contributed by atoms with Gasteiger partial charge in [-0.15, -0.1) is 0 Å². The molecule has 1 aliphatic heterocycles. The first-order valence-corrected chi connectivity index (χ1v) is 15.6. The molecule has 0 aromatic heterocycles. The first kappa shape index (κ1) is 31.0. The Kier molecular flexibility index (Phi) is 8.59. The highest BCUT2D eigenvalue weighted by Crippen LogP contribution is 2.49. The second kappa shape index (κ2) is 12.4. The molecule has 3 aromatic carbocycles. The molecular formula is C35H36F5N3O2. The Labute approximate surface area is 259 Å². The van der Waals surface area contributed by atoms with Crippen molar-refractivity contribution in [2.45, 2.75) is 82.6 Å². The Balaban J connectivity index is 1.39. The third kappa shape index (κ3) is 6.29. The van der Waals surface area contributed by atoms with Gasteiger partial charge in [-0.05, 0) is 92.5 Å². The Bertz CT molecular complexity index is 1550. The van der Waals surface area contributed by atoms with Crippen LogP contribution in [-0.4, -0.2) is 28.8 Å². The normalized spacial score (nSPS) is 23.6. The number of nitrogens with one attached hydrogen (secondary N) is 2. The summed E-state index contributed by atoms with van der Waals surface area (Å²) in [6.07, 6.45) is 2.25. The predicted molar refractivity (Wildman–Crippen MR) is 162 cm³/mol. The van der Waals surface area contributed by atoms with E-state index in [1.165, 1.54) is 25.0 Å². The van der Waals surface area contributed by atoms with Crippen LogP contribution in [0.4, 0.5) is 33.3 Å². The number of carbonyl (C=O) groups excluding carboxylic acids is 2. The van der Waals surface area contributed by atoms with Crippen LogP contribution in [0, 0.1) is 30.4 Å². The highest BCUT2D eigenvalue weighted by Gasteiger charge is 2.50. The number of hydrogen-bond acceptors (Lipinski definition) is 3. The van der Waals surface area contributed by atoms with Crippen molar-refractivity contribution in [1.82, 2.24) is 4.90 Å². The van der Waals surface area contributed by atoms with E-state index in [0.29, 0.717) is 42.1 Å². The summed E-state index contributed by atoms with van der Waals surface area (Å²) in [7, 11) is 0. The van der Waals surface area contributed by atoms with Gasteiger partial charge in [-0.25, -0.2) is 8.78 Å². The number of nitrogens with zero attached hydrogens (tertiary/aromatic N) is 1. The van der Waals surface area contributed by atoms with Crippen LogP contribution in [-0.2, 0) is 11.0 Å². The van der Waals surface area contributed by atoms with Crippen LogP contribution in [0.15, 0.2) is 60.7 Å². The molecule has 2 amide bonds. The Morgan fingerprint density at radius 3 is 2.24 bits per heavy atom. The third-order valence-corrected chi connectivity index (χ3v) is 9.74. The van der Waals surface area contributed by atoms with Crippen molar-refractivity contribution in [3.63, 3.8) is 0 Å². The highest BCUT2D eigenvalue weighted by atomic mass is 19.4. The van der Waals surface area contributed by atoms with Crippen LogP contribution in [0.25, 0.3) is 0 Å². The van der Waals surface area contributed by atoms with E-state index < -0.39 is 47.1 Å². The lowest BCUT2D eigenvalue weighted by molar-refractivity contribution is -0.140. The average Bonchev–Trinajstić information content (AvgIpc) is 3.69. The summed E-state index contributed by atoms with van der Waals surface area (Å²) >= 11 is 0. The van der Waals surface area contributed by atoms with Crippen LogP contribution in [0.3, 0.4) is 0 Å². The Morgan fingerprint density at radius 1 is 0.844 bits per heavy atom. The van der Waals surface area contributed by atoms with Crippen molar-refractivity contribution in [2.24, 2.45) is 11.8 Å². The van der Waals surface area contributed by atoms with Gasteiger partial charge >= 0.3 is 6.18 Å². The fourth-order valence-corrected chi connectivity index (χ4v) is 7.60. The number of rotatable bonds is 6. The number of hydrogen-bond donors (Lipinski definition) is 2. The molecule has 5 nitrogen and oxygen atoms in total. The highest BCUT2D eigenvalue weighted by molar-refractivity contribution is 5.98. The summed E-state index contributed by atoms with van der Waals surface area (Å²) in [5.41, 5.74) is 0.336. The molecule has 6 rings (SSSR count). The van der Waals surface area contributed by atoms with E-state index >= 15 is 4.39 Å². The SMILES string of the molecule is Cc1cccc(F)c1C(=O)N1[C@@H]2CCC[C@@H]2C[C@H](C(=O)Nc2ccc(F)c(C(F)(F)F)c2)[C@@H]1c1ccc(NC2CCCC2)cc1. The molecule has 3 aliphatic rings. The van der Waals surface area contributed by atoms with Crippen molar-refractivity contribution in [3.8, 4) is 0 Å². The zero-order valence-electron chi connectivity index (χ0n) is 25.0. The summed E-state index contributed by atoms with van der Waals surface area (Å²) in [6, 6.07) is 13.7. The summed E-state index contributed by atoms with van der Waals surface area (Å²) < 4.78 is 69.6. The van der Waals surface area contributed by atoms with Gasteiger partial charge in [0.1, 0.15) is 11.6 Å². The molecule has 3 fully saturated rings. The van der Waals surface area contributed by atoms with Crippen molar-refractivity contribution >= 4 is 23.2 Å². The predicted octanol–water partition coefficient (Wildman–Crippen LogP) is 8.66. The monoisotopic (exact) mass is 625 g/mol. The Hall–Kier alpha value is -3.95. The molecule has 0 spiro atoms. The van der Waals surface area contributed by atoms with Gasteiger partial charge in [0, 0.05) is 23.5 Å². The minimum atomic E-state index is -4.94. The molecule has 238 valence electrons. The molecule has 0 unspecified atom stereocenters. The number of fused-ring (bicyclic) bond motifs is 1. The summed E-state index contributed by atoms with van der Waals surface area (Å²) in [5.74, 6) is -4.08. The van der Waals surface area contributed by atoms with E-state index in [9.17, 15) is 27.2 Å². The standard InChI is InChI=1S/C35H36F5N3O2/c1-20-6-4-10-29(37)31(20)34(45)43-30-11-5-7-22(30)18-26(33(44)42-25-16-17-28(36)27(19-25)35(38,39)40)32(43)21-12-14-24(15-13-21)41-23-8-2-3-9-23/h4,6,10,12-17,19,22-23,26,30,32,41H,2-3,5,7-9,11,18H2,1H3,(H,42,44)/t22-,26+,30-,32+/m1/s1. The van der Waals surface area contributed by atoms with E-state index in [1.807, 2.05) is 24.3 Å². The van der Waals surface area contributed by atoms with Gasteiger partial charge in [-0.1, -0.05) is 43.5 Å². The lowest BCUT2D eigenvalue weighted by Gasteiger charge is -2.48. The fourth-order valence-electron chi connectivity index (χ4n) is 7.60. The quantitative estimate of drug-likeness (QED) is 0.270. The van der Waals surface area contributed by atoms with E-state index in [-0.39, 0.29) is 23.2 Å². The largest absolute Gasteiger partial charge is 0.419 e. The van der Waals surface area contributed by atoms with Gasteiger partial charge in [0.2, 0.25) is 5.91 Å². The zero-order chi connectivity index (χ0) is 31.9. The maximum atomic E-state index is 15.2. The molecule has 2 aliphatic carbocycles. The van der Waals surface area contributed by atoms with Gasteiger partial charge in [0.25, 0.3) is 5.91 Å². The summed E-state index contributed by atoms with van der Waals surface area (Å²) in [6.45, 7) is 1.67. The zero-order valence-corrected chi connectivity index (χ0v) is 25.0. The summed E-state index contributed by atoms with van der Waals surface area (Å²) in [4.78, 5) is 30.0. The van der Waals surface area contributed by atoms with Crippen LogP contribution in [0.5, 0.6) is 0 Å². The van der Waals surface area contributed by atoms with Gasteiger partial charge in [0.15, 0.2) is 0 Å². The van der Waals surface area contributed by atoms with E-state index in [2.05, 4.69) is 10.6 Å². The number of alkyl halides is 3. The van der Waals surface area contributed by atoms with Crippen molar-refractivity contribution in [3.05, 3.63) is 94.6 Å². The maximum absolute atomic E-state index is 15.2. The van der Waals surface area contributed by atoms with Gasteiger partial charge < -0.3 is 15.5 Å². The first-order chi connectivity index (χ1) is 21.5. The number of piperidine rings is 1. The second-order valence-electron chi connectivity index (χ2n) is 12.6. The maximum Gasteiger partial charge on any atom is 0.419 e. The molecule has 3 aromatic rings. The van der Waals surface area contributed by atoms with Crippen molar-refractivity contribution < 1.29 is 31.5 Å². The number of benzene rings is 3. The molecule has 0 radical (unpaired) electrons. The van der Waals surface area contributed by atoms with Crippen molar-refractivity contribution in [2.75, 3.05) is 10.6 Å². The number of aryl methyl sites for hydroxylation is 1. The van der Waals surface area contributed by atoms with Crippen molar-refractivity contribution in [1.29, 1.82) is 0 Å². The molecule has 1 saturated heterocycles. The molecule has 10 heteroatoms. The second-order valence-corrected chi connectivity index (χ2v) is 12.6. The van der Waals surface area contributed by atoms with Crippen LogP contribution >= 0.6 is 0 Å². The summed E-state index contributed by atoms with van der Waals surface area (Å²) in [5, 5.41) is 6.12. The fraction of sp³-hybridized carbons (Fsp3) is 0.429. The molecule has 2 saturated carbocycles. The molecule has 1 heterocycles. The molecule has 4 atom stereocenters. The smallest absolute Gasteiger partial charge is 0.382 e. The lowest BCUT2D eigenvalue weighted by atomic mass is 9.76. The number of likely N-dealkylation sites (tertiary alicyclic amines) is 1. The average molecular weight is 626 g/mol. The van der Waals surface area contributed by atoms with Crippen LogP contribution in [0.1, 0.15) is 84.5 Å². The van der Waals surface area contributed by atoms with Crippen LogP contribution in [0.2, 0.25) is 0 Å². The van der Waals surface area contributed by atoms with Gasteiger partial charge in [-0.3, -0.25) is 9.59 Å². The molecule has 45 heavy (non-hydrogen) atoms. The van der Waals surface area contributed by atoms with E-state index in [4.69, 9.17) is 0 Å². The molecular weight excluding hydrogens is 589 g/mol. The minimum Gasteiger partial charge on any atom is -0.382 e. The Morgan fingerprint density at radius 2 is 1.56 bits per heavy atom. The molecule has 2 N–H and O–H groups in total. The minimum absolute atomic E-state index is 0.0460. The lowest BCUT2D eigenvalue weighted by Crippen LogP contribution is -2.54. The first-order valence-electron chi connectivity index (χ1n) is 15.6. The third-order valence-electron chi connectivity index (χ3n) is 9.74. The number of amides is 2. The number of anilines is 2. The van der Waals surface area contributed by atoms with Gasteiger partial charge in [0.05, 0.1) is 23.1 Å². The van der Waals surface area contributed by atoms with E-state index in [0.717, 1.165) is 37.4 Å². The van der Waals surface area contributed by atoms with E-state index in [1.54, 1.807) is 17.9 Å². The topological polar surface area (TPSA) is 61.4 Å². The molecule has 0 bridgehead atoms. The number of carbonyl (C=O) groups is 2. The number of halogens is 5.